The Morgan fingerprint density at radius 1 is 1.33 bits per heavy atom. The lowest BCUT2D eigenvalue weighted by atomic mass is 9.79. The average Bonchev–Trinajstić information content (AvgIpc) is 2.48. The van der Waals surface area contributed by atoms with Crippen LogP contribution in [-0.2, 0) is 15.8 Å². The van der Waals surface area contributed by atoms with Gasteiger partial charge in [-0.3, -0.25) is 0 Å². The lowest BCUT2D eigenvalue weighted by molar-refractivity contribution is 0.0669. The second kappa shape index (κ2) is 6.73. The molecule has 2 rings (SSSR count). The van der Waals surface area contributed by atoms with Crippen molar-refractivity contribution in [3.05, 3.63) is 48.6 Å². The molecule has 1 aliphatic heterocycles. The van der Waals surface area contributed by atoms with E-state index in [1.807, 2.05) is 30.3 Å². The summed E-state index contributed by atoms with van der Waals surface area (Å²) in [5.41, 5.74) is 0.422. The van der Waals surface area contributed by atoms with Crippen molar-refractivity contribution in [2.45, 2.75) is 25.0 Å². The number of allylic oxidation sites excluding steroid dienone is 1. The van der Waals surface area contributed by atoms with Crippen LogP contribution in [0.25, 0.3) is 0 Å². The van der Waals surface area contributed by atoms with E-state index in [1.165, 1.54) is 4.31 Å². The highest BCUT2D eigenvalue weighted by atomic mass is 32.2. The Labute approximate surface area is 127 Å². The van der Waals surface area contributed by atoms with Gasteiger partial charge in [0, 0.05) is 18.5 Å². The van der Waals surface area contributed by atoms with E-state index in [1.54, 1.807) is 6.08 Å². The fourth-order valence-corrected chi connectivity index (χ4v) is 4.62. The summed E-state index contributed by atoms with van der Waals surface area (Å²) in [5.74, 6) is 0.0173. The van der Waals surface area contributed by atoms with E-state index in [9.17, 15) is 13.5 Å². The van der Waals surface area contributed by atoms with Gasteiger partial charge < -0.3 is 5.11 Å². The summed E-state index contributed by atoms with van der Waals surface area (Å²) < 4.78 is 26.7. The van der Waals surface area contributed by atoms with E-state index in [-0.39, 0.29) is 17.8 Å². The summed E-state index contributed by atoms with van der Waals surface area (Å²) >= 11 is 0. The minimum absolute atomic E-state index is 0.00359. The summed E-state index contributed by atoms with van der Waals surface area (Å²) in [6.07, 6.45) is 4.03. The van der Waals surface area contributed by atoms with Gasteiger partial charge in [-0.2, -0.15) is 0 Å². The minimum Gasteiger partial charge on any atom is -0.396 e. The van der Waals surface area contributed by atoms with Gasteiger partial charge in [0.1, 0.15) is 0 Å². The zero-order chi connectivity index (χ0) is 15.3. The maximum absolute atomic E-state index is 12.6. The molecule has 0 radical (unpaired) electrons. The predicted octanol–water partition coefficient (Wildman–Crippen LogP) is 2.17. The number of hydrogen-bond acceptors (Lipinski definition) is 3. The Bertz CT molecular complexity index is 570. The quantitative estimate of drug-likeness (QED) is 0.819. The first-order valence-electron chi connectivity index (χ1n) is 7.25. The van der Waals surface area contributed by atoms with Crippen LogP contribution < -0.4 is 0 Å². The second-order valence-electron chi connectivity index (χ2n) is 5.83. The van der Waals surface area contributed by atoms with Gasteiger partial charge in [0.05, 0.1) is 12.4 Å². The molecule has 1 aromatic rings. The number of hydrogen-bond donors (Lipinski definition) is 1. The lowest BCUT2D eigenvalue weighted by Crippen LogP contribution is -2.47. The first-order chi connectivity index (χ1) is 10.0. The molecule has 1 fully saturated rings. The third kappa shape index (κ3) is 3.93. The smallest absolute Gasteiger partial charge is 0.218 e. The van der Waals surface area contributed by atoms with Crippen molar-refractivity contribution in [3.63, 3.8) is 0 Å². The van der Waals surface area contributed by atoms with Crippen LogP contribution in [-0.4, -0.2) is 37.5 Å². The predicted molar refractivity (Wildman–Crippen MR) is 84.2 cm³/mol. The molecule has 0 saturated carbocycles. The molecule has 116 valence electrons. The van der Waals surface area contributed by atoms with Gasteiger partial charge in [0.25, 0.3) is 0 Å². The van der Waals surface area contributed by atoms with Crippen molar-refractivity contribution >= 4 is 10.0 Å². The number of piperidine rings is 1. The second-order valence-corrected chi connectivity index (χ2v) is 7.80. The van der Waals surface area contributed by atoms with Gasteiger partial charge in [0.2, 0.25) is 10.0 Å². The molecule has 1 atom stereocenters. The molecule has 1 heterocycles. The molecule has 4 nitrogen and oxygen atoms in total. The van der Waals surface area contributed by atoms with Gasteiger partial charge in [0.15, 0.2) is 0 Å². The number of nitrogens with zero attached hydrogens (tertiary/aromatic N) is 1. The zero-order valence-electron chi connectivity index (χ0n) is 12.2. The Hall–Kier alpha value is -1.17. The van der Waals surface area contributed by atoms with Crippen LogP contribution in [0.5, 0.6) is 0 Å². The van der Waals surface area contributed by atoms with Crippen molar-refractivity contribution in [3.8, 4) is 0 Å². The summed E-state index contributed by atoms with van der Waals surface area (Å²) in [4.78, 5) is 0. The number of aliphatic hydroxyl groups is 1. The van der Waals surface area contributed by atoms with Crippen LogP contribution >= 0.6 is 0 Å². The molecule has 0 spiro atoms. The standard InChI is InChI=1S/C16H23NO3S/c1-2-9-16(14-18)10-6-11-17(13-16)21(19,20)12-15-7-4-3-5-8-15/h2-5,7-8,18H,1,6,9-14H2/t16-/m0/s1. The Balaban J connectivity index is 2.14. The summed E-state index contributed by atoms with van der Waals surface area (Å²) in [6, 6.07) is 9.21. The Morgan fingerprint density at radius 2 is 2.05 bits per heavy atom. The lowest BCUT2D eigenvalue weighted by Gasteiger charge is -2.40. The number of benzene rings is 1. The number of aliphatic hydroxyl groups excluding tert-OH is 1. The van der Waals surface area contributed by atoms with Crippen molar-refractivity contribution in [1.29, 1.82) is 0 Å². The van der Waals surface area contributed by atoms with Crippen molar-refractivity contribution in [2.75, 3.05) is 19.7 Å². The normalized spacial score (nSPS) is 23.9. The summed E-state index contributed by atoms with van der Waals surface area (Å²) in [5, 5.41) is 9.68. The van der Waals surface area contributed by atoms with E-state index in [2.05, 4.69) is 6.58 Å². The Kier molecular flexibility index (Phi) is 5.19. The van der Waals surface area contributed by atoms with Gasteiger partial charge in [-0.05, 0) is 24.8 Å². The van der Waals surface area contributed by atoms with Crippen LogP contribution in [0, 0.1) is 5.41 Å². The largest absolute Gasteiger partial charge is 0.396 e. The molecule has 1 aliphatic rings. The van der Waals surface area contributed by atoms with Crippen LogP contribution in [0.3, 0.4) is 0 Å². The Morgan fingerprint density at radius 3 is 2.67 bits per heavy atom. The average molecular weight is 309 g/mol. The topological polar surface area (TPSA) is 57.6 Å². The van der Waals surface area contributed by atoms with Crippen LogP contribution in [0.4, 0.5) is 0 Å². The van der Waals surface area contributed by atoms with Crippen LogP contribution in [0.2, 0.25) is 0 Å². The SMILES string of the molecule is C=CC[C@]1(CO)CCCN(S(=O)(=O)Cc2ccccc2)C1. The van der Waals surface area contributed by atoms with Gasteiger partial charge in [-0.1, -0.05) is 36.4 Å². The molecule has 0 amide bonds. The van der Waals surface area contributed by atoms with E-state index < -0.39 is 10.0 Å². The first-order valence-corrected chi connectivity index (χ1v) is 8.86. The third-order valence-electron chi connectivity index (χ3n) is 4.12. The molecule has 0 bridgehead atoms. The van der Waals surface area contributed by atoms with E-state index >= 15 is 0 Å². The fourth-order valence-electron chi connectivity index (χ4n) is 2.94. The molecule has 0 aliphatic carbocycles. The minimum atomic E-state index is -3.35. The molecular formula is C16H23NO3S. The van der Waals surface area contributed by atoms with Gasteiger partial charge in [-0.15, -0.1) is 6.58 Å². The molecule has 1 aromatic carbocycles. The van der Waals surface area contributed by atoms with Gasteiger partial charge >= 0.3 is 0 Å². The van der Waals surface area contributed by atoms with Gasteiger partial charge in [-0.25, -0.2) is 12.7 Å². The highest BCUT2D eigenvalue weighted by Crippen LogP contribution is 2.35. The molecule has 5 heteroatoms. The highest BCUT2D eigenvalue weighted by molar-refractivity contribution is 7.88. The van der Waals surface area contributed by atoms with Crippen LogP contribution in [0.15, 0.2) is 43.0 Å². The molecule has 0 unspecified atom stereocenters. The van der Waals surface area contributed by atoms with Crippen molar-refractivity contribution in [1.82, 2.24) is 4.31 Å². The van der Waals surface area contributed by atoms with E-state index in [0.29, 0.717) is 19.5 Å². The third-order valence-corrected chi connectivity index (χ3v) is 5.92. The molecular weight excluding hydrogens is 286 g/mol. The number of sulfonamides is 1. The number of rotatable bonds is 6. The fraction of sp³-hybridized carbons (Fsp3) is 0.500. The van der Waals surface area contributed by atoms with E-state index in [0.717, 1.165) is 18.4 Å². The highest BCUT2D eigenvalue weighted by Gasteiger charge is 2.38. The summed E-state index contributed by atoms with van der Waals surface area (Å²) in [6.45, 7) is 4.64. The van der Waals surface area contributed by atoms with Crippen LogP contribution in [0.1, 0.15) is 24.8 Å². The molecule has 21 heavy (non-hydrogen) atoms. The molecule has 0 aromatic heterocycles. The van der Waals surface area contributed by atoms with E-state index in [4.69, 9.17) is 0 Å². The monoisotopic (exact) mass is 309 g/mol. The van der Waals surface area contributed by atoms with Crippen molar-refractivity contribution in [2.24, 2.45) is 5.41 Å². The maximum atomic E-state index is 12.6. The zero-order valence-corrected chi connectivity index (χ0v) is 13.1. The van der Waals surface area contributed by atoms with Crippen molar-refractivity contribution < 1.29 is 13.5 Å². The maximum Gasteiger partial charge on any atom is 0.218 e. The molecule has 1 saturated heterocycles. The summed E-state index contributed by atoms with van der Waals surface area (Å²) in [7, 11) is -3.35. The molecule has 1 N–H and O–H groups in total. The first kappa shape index (κ1) is 16.2.